The summed E-state index contributed by atoms with van der Waals surface area (Å²) in [4.78, 5) is 0. The highest BCUT2D eigenvalue weighted by Crippen LogP contribution is 1.96. The van der Waals surface area contributed by atoms with E-state index in [1.807, 2.05) is 48.5 Å². The Kier molecular flexibility index (Phi) is 7.80. The van der Waals surface area contributed by atoms with Crippen LogP contribution in [0.25, 0.3) is 0 Å². The van der Waals surface area contributed by atoms with E-state index in [1.54, 1.807) is 0 Å². The van der Waals surface area contributed by atoms with Crippen molar-refractivity contribution in [2.75, 3.05) is 6.54 Å². The summed E-state index contributed by atoms with van der Waals surface area (Å²) < 4.78 is 0. The van der Waals surface area contributed by atoms with Gasteiger partial charge in [0.05, 0.1) is 6.54 Å². The number of benzene rings is 2. The van der Waals surface area contributed by atoms with Crippen LogP contribution in [0.2, 0.25) is 0 Å². The third-order valence-electron chi connectivity index (χ3n) is 2.48. The van der Waals surface area contributed by atoms with Crippen molar-refractivity contribution in [1.82, 2.24) is 5.32 Å². The molecule has 0 bridgehead atoms. The summed E-state index contributed by atoms with van der Waals surface area (Å²) in [6, 6.07) is 20.2. The first-order valence-electron chi connectivity index (χ1n) is 6.29. The van der Waals surface area contributed by atoms with E-state index >= 15 is 0 Å². The maximum atomic E-state index is 5.35. The zero-order valence-corrected chi connectivity index (χ0v) is 11.0. The van der Waals surface area contributed by atoms with Gasteiger partial charge >= 0.3 is 0 Å². The predicted octanol–water partition coefficient (Wildman–Crippen LogP) is 2.55. The molecule has 0 aliphatic rings. The molecule has 0 fully saturated rings. The quantitative estimate of drug-likeness (QED) is 0.648. The van der Waals surface area contributed by atoms with Gasteiger partial charge in [-0.25, -0.2) is 0 Å². The van der Waals surface area contributed by atoms with Gasteiger partial charge in [0, 0.05) is 13.1 Å². The molecule has 0 aliphatic heterocycles. The highest BCUT2D eigenvalue weighted by molar-refractivity contribution is 5.14. The van der Waals surface area contributed by atoms with Crippen molar-refractivity contribution in [3.8, 4) is 12.3 Å². The SMILES string of the molecule is C#CCNCc1ccccc1.NCc1ccccc1. The smallest absolute Gasteiger partial charge is 0.0576 e. The van der Waals surface area contributed by atoms with Crippen molar-refractivity contribution in [3.05, 3.63) is 71.8 Å². The third kappa shape index (κ3) is 7.05. The van der Waals surface area contributed by atoms with E-state index in [1.165, 1.54) is 11.1 Å². The number of nitrogens with one attached hydrogen (secondary N) is 1. The maximum absolute atomic E-state index is 5.35. The van der Waals surface area contributed by atoms with Gasteiger partial charge in [0.15, 0.2) is 0 Å². The van der Waals surface area contributed by atoms with E-state index < -0.39 is 0 Å². The Morgan fingerprint density at radius 2 is 1.42 bits per heavy atom. The van der Waals surface area contributed by atoms with E-state index in [0.29, 0.717) is 13.1 Å². The van der Waals surface area contributed by atoms with Gasteiger partial charge in [0.1, 0.15) is 0 Å². The molecular weight excluding hydrogens is 232 g/mol. The molecule has 0 atom stereocenters. The van der Waals surface area contributed by atoms with E-state index in [0.717, 1.165) is 6.54 Å². The third-order valence-corrected chi connectivity index (χ3v) is 2.48. The average molecular weight is 252 g/mol. The van der Waals surface area contributed by atoms with Crippen LogP contribution in [-0.2, 0) is 13.1 Å². The molecule has 0 spiro atoms. The monoisotopic (exact) mass is 252 g/mol. The molecule has 19 heavy (non-hydrogen) atoms. The van der Waals surface area contributed by atoms with Crippen molar-refractivity contribution in [2.45, 2.75) is 13.1 Å². The van der Waals surface area contributed by atoms with Crippen molar-refractivity contribution in [2.24, 2.45) is 5.73 Å². The molecule has 0 radical (unpaired) electrons. The van der Waals surface area contributed by atoms with Crippen molar-refractivity contribution in [3.63, 3.8) is 0 Å². The molecule has 2 rings (SSSR count). The topological polar surface area (TPSA) is 38.0 Å². The second-order valence-electron chi connectivity index (χ2n) is 3.98. The van der Waals surface area contributed by atoms with Crippen LogP contribution in [0.5, 0.6) is 0 Å². The second kappa shape index (κ2) is 9.90. The zero-order valence-electron chi connectivity index (χ0n) is 11.0. The molecule has 0 aliphatic carbocycles. The summed E-state index contributed by atoms with van der Waals surface area (Å²) in [6.45, 7) is 2.13. The number of nitrogens with two attached hydrogens (primary N) is 1. The van der Waals surface area contributed by atoms with Crippen molar-refractivity contribution >= 4 is 0 Å². The molecule has 2 heteroatoms. The van der Waals surface area contributed by atoms with Crippen LogP contribution in [0.15, 0.2) is 60.7 Å². The molecule has 0 aromatic heterocycles. The van der Waals surface area contributed by atoms with Crippen LogP contribution < -0.4 is 11.1 Å². The van der Waals surface area contributed by atoms with E-state index in [-0.39, 0.29) is 0 Å². The van der Waals surface area contributed by atoms with Gasteiger partial charge < -0.3 is 11.1 Å². The first-order valence-corrected chi connectivity index (χ1v) is 6.29. The highest BCUT2D eigenvalue weighted by atomic mass is 14.8. The Morgan fingerprint density at radius 1 is 0.895 bits per heavy atom. The second-order valence-corrected chi connectivity index (χ2v) is 3.98. The summed E-state index contributed by atoms with van der Waals surface area (Å²) in [5, 5.41) is 3.12. The fraction of sp³-hybridized carbons (Fsp3) is 0.176. The molecule has 0 unspecified atom stereocenters. The lowest BCUT2D eigenvalue weighted by Gasteiger charge is -1.99. The Hall–Kier alpha value is -2.08. The molecule has 2 aromatic carbocycles. The Labute approximate surface area is 115 Å². The fourth-order valence-corrected chi connectivity index (χ4v) is 1.49. The summed E-state index contributed by atoms with van der Waals surface area (Å²) in [6.07, 6.45) is 5.08. The maximum Gasteiger partial charge on any atom is 0.0576 e. The lowest BCUT2D eigenvalue weighted by molar-refractivity contribution is 0.770. The number of hydrogen-bond acceptors (Lipinski definition) is 2. The summed E-state index contributed by atoms with van der Waals surface area (Å²) >= 11 is 0. The lowest BCUT2D eigenvalue weighted by Crippen LogP contribution is -2.12. The molecule has 0 saturated heterocycles. The van der Waals surface area contributed by atoms with Crippen molar-refractivity contribution in [1.29, 1.82) is 0 Å². The van der Waals surface area contributed by atoms with E-state index in [9.17, 15) is 0 Å². The Bertz CT molecular complexity index is 472. The summed E-state index contributed by atoms with van der Waals surface area (Å²) in [7, 11) is 0. The normalized spacial score (nSPS) is 9.05. The van der Waals surface area contributed by atoms with Crippen LogP contribution >= 0.6 is 0 Å². The first-order chi connectivity index (χ1) is 9.36. The van der Waals surface area contributed by atoms with Crippen LogP contribution in [-0.4, -0.2) is 6.54 Å². The molecule has 2 aromatic rings. The van der Waals surface area contributed by atoms with E-state index in [2.05, 4.69) is 23.4 Å². The Morgan fingerprint density at radius 3 is 1.84 bits per heavy atom. The van der Waals surface area contributed by atoms with Crippen LogP contribution in [0.4, 0.5) is 0 Å². The average Bonchev–Trinajstić information content (AvgIpc) is 2.50. The van der Waals surface area contributed by atoms with Gasteiger partial charge in [-0.15, -0.1) is 6.42 Å². The molecule has 3 N–H and O–H groups in total. The lowest BCUT2D eigenvalue weighted by atomic mass is 10.2. The molecule has 0 heterocycles. The number of terminal acetylenes is 1. The molecule has 0 amide bonds. The van der Waals surface area contributed by atoms with Gasteiger partial charge in [-0.05, 0) is 11.1 Å². The first kappa shape index (κ1) is 15.0. The molecule has 0 saturated carbocycles. The fourth-order valence-electron chi connectivity index (χ4n) is 1.49. The van der Waals surface area contributed by atoms with Gasteiger partial charge in [0.25, 0.3) is 0 Å². The summed E-state index contributed by atoms with van der Waals surface area (Å²) in [5.41, 5.74) is 7.80. The minimum Gasteiger partial charge on any atom is -0.326 e. The van der Waals surface area contributed by atoms with Gasteiger partial charge in [-0.1, -0.05) is 66.6 Å². The zero-order chi connectivity index (χ0) is 13.8. The number of rotatable bonds is 4. The molecule has 2 nitrogen and oxygen atoms in total. The Balaban J connectivity index is 0.000000200. The standard InChI is InChI=1S/C10H11N.C7H9N/c1-2-8-11-9-10-6-4-3-5-7-10;8-6-7-4-2-1-3-5-7/h1,3-7,11H,8-9H2;1-5H,6,8H2. The predicted molar refractivity (Wildman–Crippen MR) is 81.3 cm³/mol. The minimum absolute atomic E-state index is 0.634. The largest absolute Gasteiger partial charge is 0.326 e. The van der Waals surface area contributed by atoms with Crippen molar-refractivity contribution < 1.29 is 0 Å². The molecule has 98 valence electrons. The van der Waals surface area contributed by atoms with Crippen LogP contribution in [0.1, 0.15) is 11.1 Å². The number of hydrogen-bond donors (Lipinski definition) is 2. The minimum atomic E-state index is 0.634. The van der Waals surface area contributed by atoms with Gasteiger partial charge in [-0.2, -0.15) is 0 Å². The van der Waals surface area contributed by atoms with Crippen LogP contribution in [0.3, 0.4) is 0 Å². The summed E-state index contributed by atoms with van der Waals surface area (Å²) in [5.74, 6) is 2.53. The van der Waals surface area contributed by atoms with Gasteiger partial charge in [0.2, 0.25) is 0 Å². The molecular formula is C17H20N2. The van der Waals surface area contributed by atoms with Gasteiger partial charge in [-0.3, -0.25) is 0 Å². The van der Waals surface area contributed by atoms with Crippen LogP contribution in [0, 0.1) is 12.3 Å². The highest BCUT2D eigenvalue weighted by Gasteiger charge is 1.86. The van der Waals surface area contributed by atoms with E-state index in [4.69, 9.17) is 12.2 Å².